The van der Waals surface area contributed by atoms with Crippen molar-refractivity contribution in [1.29, 1.82) is 0 Å². The third-order valence-electron chi connectivity index (χ3n) is 4.93. The fraction of sp³-hybridized carbons (Fsp3) is 0.136. The van der Waals surface area contributed by atoms with Crippen molar-refractivity contribution >= 4 is 27.4 Å². The number of rotatable bonds is 5. The summed E-state index contributed by atoms with van der Waals surface area (Å²) in [6.45, 7) is 0. The van der Waals surface area contributed by atoms with Crippen LogP contribution < -0.4 is 13.8 Å². The maximum Gasteiger partial charge on any atom is 0.272 e. The van der Waals surface area contributed by atoms with Gasteiger partial charge in [-0.1, -0.05) is 30.3 Å². The van der Waals surface area contributed by atoms with Gasteiger partial charge in [-0.3, -0.25) is 9.59 Å². The average Bonchev–Trinajstić information content (AvgIpc) is 3.05. The smallest absolute Gasteiger partial charge is 0.272 e. The van der Waals surface area contributed by atoms with Crippen molar-refractivity contribution in [1.82, 2.24) is 4.98 Å². The van der Waals surface area contributed by atoms with Gasteiger partial charge in [-0.25, -0.2) is 8.42 Å². The molecule has 0 saturated heterocycles. The number of nitrogens with zero attached hydrogens (tertiary/aromatic N) is 2. The van der Waals surface area contributed by atoms with Crippen LogP contribution in [0.3, 0.4) is 0 Å². The van der Waals surface area contributed by atoms with E-state index in [2.05, 4.69) is 4.98 Å². The SMILES string of the molecule is COc1ccc(N(C(=O)c2ccc3c(c2)C(=O)c2ccccc2-3)S(C)(=O)=O)c(OC)n1. The number of hydrogen-bond donors (Lipinski definition) is 0. The maximum atomic E-state index is 13.3. The molecule has 4 rings (SSSR count). The van der Waals surface area contributed by atoms with Crippen LogP contribution in [0.25, 0.3) is 11.1 Å². The predicted molar refractivity (Wildman–Crippen MR) is 114 cm³/mol. The lowest BCUT2D eigenvalue weighted by atomic mass is 10.0. The van der Waals surface area contributed by atoms with E-state index in [1.165, 1.54) is 38.5 Å². The van der Waals surface area contributed by atoms with Gasteiger partial charge in [0.1, 0.15) is 5.69 Å². The Hall–Kier alpha value is -3.72. The van der Waals surface area contributed by atoms with Gasteiger partial charge < -0.3 is 9.47 Å². The zero-order valence-electron chi connectivity index (χ0n) is 16.9. The molecule has 0 saturated carbocycles. The molecule has 1 aromatic heterocycles. The molecule has 0 bridgehead atoms. The van der Waals surface area contributed by atoms with Crippen LogP contribution in [0.1, 0.15) is 26.3 Å². The van der Waals surface area contributed by atoms with Crippen LogP contribution in [0.15, 0.2) is 54.6 Å². The van der Waals surface area contributed by atoms with E-state index in [0.717, 1.165) is 11.8 Å². The normalized spacial score (nSPS) is 12.2. The van der Waals surface area contributed by atoms with Crippen LogP contribution in [0, 0.1) is 0 Å². The van der Waals surface area contributed by atoms with Crippen molar-refractivity contribution < 1.29 is 27.5 Å². The van der Waals surface area contributed by atoms with Gasteiger partial charge >= 0.3 is 0 Å². The highest BCUT2D eigenvalue weighted by molar-refractivity contribution is 7.92. The fourth-order valence-electron chi connectivity index (χ4n) is 3.55. The van der Waals surface area contributed by atoms with E-state index >= 15 is 0 Å². The number of ketones is 1. The van der Waals surface area contributed by atoms with Crippen LogP contribution in [0.5, 0.6) is 11.8 Å². The summed E-state index contributed by atoms with van der Waals surface area (Å²) < 4.78 is 36.0. The molecule has 0 N–H and O–H groups in total. The maximum absolute atomic E-state index is 13.3. The van der Waals surface area contributed by atoms with E-state index in [1.807, 2.05) is 12.1 Å². The number of hydrogen-bond acceptors (Lipinski definition) is 7. The molecule has 0 radical (unpaired) electrons. The molecule has 0 fully saturated rings. The van der Waals surface area contributed by atoms with Crippen molar-refractivity contribution in [2.24, 2.45) is 0 Å². The molecular weight excluding hydrogens is 420 g/mol. The zero-order valence-corrected chi connectivity index (χ0v) is 17.8. The number of ether oxygens (including phenoxy) is 2. The molecule has 0 aliphatic heterocycles. The minimum Gasteiger partial charge on any atom is -0.481 e. The van der Waals surface area contributed by atoms with E-state index in [-0.39, 0.29) is 28.8 Å². The number of pyridine rings is 1. The molecule has 1 amide bonds. The number of amides is 1. The van der Waals surface area contributed by atoms with Crippen molar-refractivity contribution in [2.75, 3.05) is 24.8 Å². The van der Waals surface area contributed by atoms with Gasteiger partial charge in [0.05, 0.1) is 20.5 Å². The van der Waals surface area contributed by atoms with Crippen molar-refractivity contribution in [2.45, 2.75) is 0 Å². The van der Waals surface area contributed by atoms with E-state index in [1.54, 1.807) is 18.2 Å². The zero-order chi connectivity index (χ0) is 22.3. The van der Waals surface area contributed by atoms with E-state index in [0.29, 0.717) is 21.0 Å². The molecule has 1 aliphatic rings. The Balaban J connectivity index is 1.82. The third kappa shape index (κ3) is 3.42. The Labute approximate surface area is 179 Å². The number of fused-ring (bicyclic) bond motifs is 3. The largest absolute Gasteiger partial charge is 0.481 e. The molecule has 0 spiro atoms. The molecule has 3 aromatic rings. The number of anilines is 1. The van der Waals surface area contributed by atoms with Crippen LogP contribution >= 0.6 is 0 Å². The van der Waals surface area contributed by atoms with Crippen LogP contribution in [0.4, 0.5) is 5.69 Å². The number of carbonyl (C=O) groups is 2. The standard InChI is InChI=1S/C22H18N2O6S/c1-29-19-11-10-18(21(23-19)30-2)24(31(3,27)28)22(26)13-8-9-15-14-6-4-5-7-16(14)20(25)17(15)12-13/h4-12H,1-3H3. The molecule has 8 nitrogen and oxygen atoms in total. The highest BCUT2D eigenvalue weighted by Gasteiger charge is 2.32. The quantitative estimate of drug-likeness (QED) is 0.472. The lowest BCUT2D eigenvalue weighted by molar-refractivity contribution is 0.100. The third-order valence-corrected chi connectivity index (χ3v) is 5.95. The second-order valence-electron chi connectivity index (χ2n) is 6.85. The highest BCUT2D eigenvalue weighted by Crippen LogP contribution is 2.38. The average molecular weight is 438 g/mol. The van der Waals surface area contributed by atoms with Gasteiger partial charge in [0.25, 0.3) is 5.91 Å². The lowest BCUT2D eigenvalue weighted by Gasteiger charge is -2.22. The van der Waals surface area contributed by atoms with Crippen LogP contribution in [-0.4, -0.2) is 45.6 Å². The first-order chi connectivity index (χ1) is 14.8. The summed E-state index contributed by atoms with van der Waals surface area (Å²) >= 11 is 0. The summed E-state index contributed by atoms with van der Waals surface area (Å²) in [5.74, 6) is -0.945. The topological polar surface area (TPSA) is 103 Å². The van der Waals surface area contributed by atoms with Gasteiger partial charge in [-0.2, -0.15) is 9.29 Å². The first-order valence-electron chi connectivity index (χ1n) is 9.18. The number of sulfonamides is 1. The van der Waals surface area contributed by atoms with E-state index < -0.39 is 15.9 Å². The Morgan fingerprint density at radius 1 is 0.903 bits per heavy atom. The molecule has 31 heavy (non-hydrogen) atoms. The van der Waals surface area contributed by atoms with E-state index in [4.69, 9.17) is 9.47 Å². The van der Waals surface area contributed by atoms with Crippen LogP contribution in [-0.2, 0) is 10.0 Å². The van der Waals surface area contributed by atoms with Gasteiger partial charge in [0, 0.05) is 22.8 Å². The summed E-state index contributed by atoms with van der Waals surface area (Å²) in [7, 11) is -1.35. The number of benzene rings is 2. The van der Waals surface area contributed by atoms with Gasteiger partial charge in [0.15, 0.2) is 5.78 Å². The van der Waals surface area contributed by atoms with Gasteiger partial charge in [-0.15, -0.1) is 0 Å². The van der Waals surface area contributed by atoms with E-state index in [9.17, 15) is 18.0 Å². The summed E-state index contributed by atoms with van der Waals surface area (Å²) in [5.41, 5.74) is 2.35. The first kappa shape index (κ1) is 20.5. The predicted octanol–water partition coefficient (Wildman–Crippen LogP) is 2.92. The summed E-state index contributed by atoms with van der Waals surface area (Å²) in [6.07, 6.45) is 0.906. The van der Waals surface area contributed by atoms with Crippen molar-refractivity contribution in [3.8, 4) is 22.9 Å². The lowest BCUT2D eigenvalue weighted by Crippen LogP contribution is -2.36. The Morgan fingerprint density at radius 2 is 1.58 bits per heavy atom. The second-order valence-corrected chi connectivity index (χ2v) is 8.68. The van der Waals surface area contributed by atoms with Crippen molar-refractivity contribution in [3.63, 3.8) is 0 Å². The molecule has 1 aliphatic carbocycles. The summed E-state index contributed by atoms with van der Waals surface area (Å²) in [5, 5.41) is 0. The Morgan fingerprint density at radius 3 is 2.23 bits per heavy atom. The van der Waals surface area contributed by atoms with Crippen molar-refractivity contribution in [3.05, 3.63) is 71.3 Å². The Kier molecular flexibility index (Phi) is 4.98. The number of methoxy groups -OCH3 is 2. The molecule has 2 aromatic carbocycles. The molecule has 0 atom stereocenters. The second kappa shape index (κ2) is 7.51. The Bertz CT molecular complexity index is 1330. The number of aromatic nitrogens is 1. The molecule has 158 valence electrons. The number of carbonyl (C=O) groups excluding carboxylic acids is 2. The monoisotopic (exact) mass is 438 g/mol. The molecular formula is C22H18N2O6S. The summed E-state index contributed by atoms with van der Waals surface area (Å²) in [4.78, 5) is 30.2. The minimum atomic E-state index is -4.06. The molecule has 1 heterocycles. The van der Waals surface area contributed by atoms with Crippen LogP contribution in [0.2, 0.25) is 0 Å². The minimum absolute atomic E-state index is 0.0446. The molecule has 9 heteroatoms. The summed E-state index contributed by atoms with van der Waals surface area (Å²) in [6, 6.07) is 14.5. The first-order valence-corrected chi connectivity index (χ1v) is 11.0. The highest BCUT2D eigenvalue weighted by atomic mass is 32.2. The van der Waals surface area contributed by atoms with Gasteiger partial charge in [0.2, 0.25) is 21.8 Å². The molecule has 0 unspecified atom stereocenters. The fourth-order valence-corrected chi connectivity index (χ4v) is 4.45. The van der Waals surface area contributed by atoms with Gasteiger partial charge in [-0.05, 0) is 29.3 Å².